The molecule has 0 aliphatic heterocycles. The number of benzene rings is 2. The van der Waals surface area contributed by atoms with Crippen molar-refractivity contribution in [3.8, 4) is 0 Å². The van der Waals surface area contributed by atoms with E-state index in [1.165, 1.54) is 6.07 Å². The van der Waals surface area contributed by atoms with E-state index in [2.05, 4.69) is 21.2 Å². The third kappa shape index (κ3) is 4.14. The predicted molar refractivity (Wildman–Crippen MR) is 82.7 cm³/mol. The molecule has 0 aromatic heterocycles. The molecule has 0 fully saturated rings. The first kappa shape index (κ1) is 16.2. The smallest absolute Gasteiger partial charge is 0.380 e. The van der Waals surface area contributed by atoms with Gasteiger partial charge in [0.25, 0.3) is 0 Å². The van der Waals surface area contributed by atoms with Crippen molar-refractivity contribution < 1.29 is 13.2 Å². The van der Waals surface area contributed by atoms with E-state index in [1.54, 1.807) is 0 Å². The Hall–Kier alpha value is -1.20. The van der Waals surface area contributed by atoms with Gasteiger partial charge in [-0.25, -0.2) is 0 Å². The molecule has 0 spiro atoms. The molecule has 2 aromatic rings. The predicted octanol–water partition coefficient (Wildman–Crippen LogP) is 6.04. The number of hydrogen-bond donors (Lipinski definition) is 1. The van der Waals surface area contributed by atoms with Crippen molar-refractivity contribution in [2.24, 2.45) is 0 Å². The first-order chi connectivity index (χ1) is 9.77. The average molecular weight is 379 g/mol. The minimum atomic E-state index is -4.39. The fourth-order valence-corrected chi connectivity index (χ4v) is 2.70. The van der Waals surface area contributed by atoms with Crippen molar-refractivity contribution >= 4 is 33.2 Å². The van der Waals surface area contributed by atoms with Crippen LogP contribution in [0.2, 0.25) is 5.02 Å². The third-order valence-corrected chi connectivity index (χ3v) is 4.03. The molecule has 21 heavy (non-hydrogen) atoms. The van der Waals surface area contributed by atoms with E-state index in [0.29, 0.717) is 12.2 Å². The molecule has 0 aliphatic carbocycles. The van der Waals surface area contributed by atoms with Gasteiger partial charge in [-0.15, -0.1) is 0 Å². The van der Waals surface area contributed by atoms with E-state index in [4.69, 9.17) is 11.6 Å². The zero-order valence-electron chi connectivity index (χ0n) is 11.1. The van der Waals surface area contributed by atoms with Gasteiger partial charge >= 0.3 is 6.18 Å². The van der Waals surface area contributed by atoms with Crippen molar-refractivity contribution in [3.63, 3.8) is 0 Å². The molecular weight excluding hydrogens is 367 g/mol. The number of hydrogen-bond acceptors (Lipinski definition) is 1. The van der Waals surface area contributed by atoms with Crippen LogP contribution in [0.3, 0.4) is 0 Å². The molecule has 0 saturated heterocycles. The lowest BCUT2D eigenvalue weighted by Crippen LogP contribution is -2.06. The summed E-state index contributed by atoms with van der Waals surface area (Å²) in [5.41, 5.74) is 1.83. The average Bonchev–Trinajstić information content (AvgIpc) is 2.38. The van der Waals surface area contributed by atoms with Gasteiger partial charge in [0.2, 0.25) is 0 Å². The molecule has 0 saturated carbocycles. The molecule has 2 aromatic carbocycles. The van der Waals surface area contributed by atoms with Gasteiger partial charge in [0.15, 0.2) is 0 Å². The topological polar surface area (TPSA) is 12.0 Å². The third-order valence-electron chi connectivity index (χ3n) is 2.97. The van der Waals surface area contributed by atoms with Crippen LogP contribution in [0.25, 0.3) is 0 Å². The Morgan fingerprint density at radius 1 is 1.14 bits per heavy atom. The first-order valence-corrected chi connectivity index (χ1v) is 7.30. The maximum absolute atomic E-state index is 12.6. The molecule has 0 bridgehead atoms. The minimum Gasteiger partial charge on any atom is -0.380 e. The monoisotopic (exact) mass is 377 g/mol. The Kier molecular flexibility index (Phi) is 4.84. The summed E-state index contributed by atoms with van der Waals surface area (Å²) >= 11 is 9.35. The Balaban J connectivity index is 2.13. The van der Waals surface area contributed by atoms with Gasteiger partial charge < -0.3 is 5.32 Å². The molecular formula is C15H12BrClF3N. The lowest BCUT2D eigenvalue weighted by atomic mass is 10.1. The summed E-state index contributed by atoms with van der Waals surface area (Å²) in [6, 6.07) is 9.17. The summed E-state index contributed by atoms with van der Waals surface area (Å²) in [4.78, 5) is 0. The molecule has 0 radical (unpaired) electrons. The van der Waals surface area contributed by atoms with Gasteiger partial charge in [0, 0.05) is 11.0 Å². The van der Waals surface area contributed by atoms with Crippen molar-refractivity contribution in [1.29, 1.82) is 0 Å². The molecule has 112 valence electrons. The summed E-state index contributed by atoms with van der Waals surface area (Å²) in [5.74, 6) is 0. The van der Waals surface area contributed by atoms with E-state index in [0.717, 1.165) is 27.7 Å². The molecule has 6 heteroatoms. The zero-order valence-corrected chi connectivity index (χ0v) is 13.4. The lowest BCUT2D eigenvalue weighted by Gasteiger charge is -2.12. The van der Waals surface area contributed by atoms with E-state index in [1.807, 2.05) is 25.1 Å². The summed E-state index contributed by atoms with van der Waals surface area (Å²) < 4.78 is 38.6. The Morgan fingerprint density at radius 3 is 2.43 bits per heavy atom. The van der Waals surface area contributed by atoms with Crippen molar-refractivity contribution in [2.75, 3.05) is 5.32 Å². The van der Waals surface area contributed by atoms with Crippen LogP contribution in [0.4, 0.5) is 18.9 Å². The number of nitrogens with one attached hydrogen (secondary N) is 1. The number of anilines is 1. The van der Waals surface area contributed by atoms with Crippen LogP contribution < -0.4 is 5.32 Å². The highest BCUT2D eigenvalue weighted by Gasteiger charge is 2.30. The minimum absolute atomic E-state index is 0.0491. The number of aryl methyl sites for hydroxylation is 1. The second-order valence-corrected chi connectivity index (χ2v) is 5.90. The Bertz CT molecular complexity index is 656. The van der Waals surface area contributed by atoms with Crippen LogP contribution in [0, 0.1) is 6.92 Å². The van der Waals surface area contributed by atoms with Crippen LogP contribution in [0.15, 0.2) is 40.9 Å². The first-order valence-electron chi connectivity index (χ1n) is 6.13. The van der Waals surface area contributed by atoms with Crippen LogP contribution in [-0.4, -0.2) is 0 Å². The van der Waals surface area contributed by atoms with E-state index >= 15 is 0 Å². The Morgan fingerprint density at radius 2 is 1.86 bits per heavy atom. The van der Waals surface area contributed by atoms with Crippen LogP contribution in [0.1, 0.15) is 16.7 Å². The van der Waals surface area contributed by atoms with Gasteiger partial charge in [0.05, 0.1) is 16.3 Å². The van der Waals surface area contributed by atoms with Gasteiger partial charge in [-0.05, 0) is 42.3 Å². The van der Waals surface area contributed by atoms with Gasteiger partial charge in [-0.2, -0.15) is 13.2 Å². The maximum atomic E-state index is 12.6. The lowest BCUT2D eigenvalue weighted by molar-refractivity contribution is -0.137. The number of alkyl halides is 3. The normalized spacial score (nSPS) is 11.5. The molecule has 0 aliphatic rings. The van der Waals surface area contributed by atoms with Gasteiger partial charge in [0.1, 0.15) is 0 Å². The molecule has 0 amide bonds. The highest BCUT2D eigenvalue weighted by Crippen LogP contribution is 2.34. The molecule has 2 rings (SSSR count). The summed E-state index contributed by atoms with van der Waals surface area (Å²) in [5, 5.41) is 3.09. The van der Waals surface area contributed by atoms with Gasteiger partial charge in [-0.1, -0.05) is 39.7 Å². The second-order valence-electron chi connectivity index (χ2n) is 4.64. The van der Waals surface area contributed by atoms with Crippen molar-refractivity contribution in [2.45, 2.75) is 19.6 Å². The summed E-state index contributed by atoms with van der Waals surface area (Å²) in [6.07, 6.45) is -4.39. The molecule has 1 N–H and O–H groups in total. The van der Waals surface area contributed by atoms with Crippen LogP contribution in [-0.2, 0) is 12.7 Å². The van der Waals surface area contributed by atoms with Crippen LogP contribution in [0.5, 0.6) is 0 Å². The quantitative estimate of drug-likeness (QED) is 0.686. The zero-order chi connectivity index (χ0) is 15.6. The SMILES string of the molecule is Cc1ccc(CNc2ccc(C(F)(F)F)cc2Cl)c(Br)c1. The highest BCUT2D eigenvalue weighted by atomic mass is 79.9. The Labute approximate surface area is 134 Å². The standard InChI is InChI=1S/C15H12BrClF3N/c1-9-2-3-10(12(16)6-9)8-21-14-5-4-11(7-13(14)17)15(18,19)20/h2-7,21H,8H2,1H3. The number of halogens is 5. The molecule has 0 heterocycles. The van der Waals surface area contributed by atoms with E-state index in [-0.39, 0.29) is 5.02 Å². The van der Waals surface area contributed by atoms with Crippen molar-refractivity contribution in [1.82, 2.24) is 0 Å². The highest BCUT2D eigenvalue weighted by molar-refractivity contribution is 9.10. The van der Waals surface area contributed by atoms with E-state index in [9.17, 15) is 13.2 Å². The number of rotatable bonds is 3. The molecule has 0 atom stereocenters. The largest absolute Gasteiger partial charge is 0.416 e. The maximum Gasteiger partial charge on any atom is 0.416 e. The second kappa shape index (κ2) is 6.28. The van der Waals surface area contributed by atoms with Crippen LogP contribution >= 0.6 is 27.5 Å². The van der Waals surface area contributed by atoms with Crippen molar-refractivity contribution in [3.05, 3.63) is 62.6 Å². The fraction of sp³-hybridized carbons (Fsp3) is 0.200. The van der Waals surface area contributed by atoms with Gasteiger partial charge in [-0.3, -0.25) is 0 Å². The summed E-state index contributed by atoms with van der Waals surface area (Å²) in [6.45, 7) is 2.45. The molecule has 1 nitrogen and oxygen atoms in total. The molecule has 0 unspecified atom stereocenters. The fourth-order valence-electron chi connectivity index (χ4n) is 1.82. The summed E-state index contributed by atoms with van der Waals surface area (Å²) in [7, 11) is 0. The van der Waals surface area contributed by atoms with E-state index < -0.39 is 11.7 Å².